The predicted molar refractivity (Wildman–Crippen MR) is 43.9 cm³/mol. The number of benzene rings is 1. The third-order valence-electron chi connectivity index (χ3n) is 1.15. The van der Waals surface area contributed by atoms with Crippen LogP contribution >= 0.6 is 27.5 Å². The highest BCUT2D eigenvalue weighted by Gasteiger charge is 2.27. The molecule has 1 aromatic carbocycles. The van der Waals surface area contributed by atoms with Gasteiger partial charge in [0.1, 0.15) is 0 Å². The van der Waals surface area contributed by atoms with Crippen molar-refractivity contribution in [2.75, 3.05) is 0 Å². The van der Waals surface area contributed by atoms with Crippen molar-refractivity contribution in [1.82, 2.24) is 0 Å². The maximum absolute atomic E-state index is 12.4. The Morgan fingerprint density at radius 2 is 2.00 bits per heavy atom. The maximum Gasteiger partial charge on any atom is 0.348 e. The molecule has 0 N–H and O–H groups in total. The summed E-state index contributed by atoms with van der Waals surface area (Å²) in [5.74, 6) is 0. The van der Waals surface area contributed by atoms with Gasteiger partial charge in [-0.3, -0.25) is 0 Å². The lowest BCUT2D eigenvalue weighted by Gasteiger charge is -2.06. The van der Waals surface area contributed by atoms with Gasteiger partial charge in [0.05, 0.1) is 0 Å². The molecule has 0 unspecified atom stereocenters. The van der Waals surface area contributed by atoms with E-state index in [4.69, 9.17) is 11.6 Å². The topological polar surface area (TPSA) is 0 Å². The molecule has 0 aliphatic heterocycles. The molecule has 0 aliphatic carbocycles. The third kappa shape index (κ3) is 2.42. The summed E-state index contributed by atoms with van der Waals surface area (Å²) >= 11 is 7.84. The summed E-state index contributed by atoms with van der Waals surface area (Å²) in [4.78, 5) is 0. The highest BCUT2D eigenvalue weighted by Crippen LogP contribution is 2.33. The van der Waals surface area contributed by atoms with Crippen LogP contribution in [0.15, 0.2) is 28.7 Å². The quantitative estimate of drug-likeness (QED) is 0.657. The van der Waals surface area contributed by atoms with Crippen molar-refractivity contribution < 1.29 is 8.78 Å². The summed E-state index contributed by atoms with van der Waals surface area (Å²) in [6.45, 7) is 0. The van der Waals surface area contributed by atoms with Crippen LogP contribution in [0.3, 0.4) is 0 Å². The minimum atomic E-state index is -3.27. The Bertz CT molecular complexity index is 257. The van der Waals surface area contributed by atoms with E-state index in [1.807, 2.05) is 0 Å². The molecule has 0 fully saturated rings. The number of alkyl halides is 3. The molecule has 0 aromatic heterocycles. The number of halogens is 4. The van der Waals surface area contributed by atoms with Gasteiger partial charge in [-0.25, -0.2) is 0 Å². The standard InChI is InChI=1S/C7H4BrClF2/c8-6-3-1-2-5(4-6)7(9,10)11/h1-4H. The first-order valence-electron chi connectivity index (χ1n) is 2.83. The van der Waals surface area contributed by atoms with Crippen molar-refractivity contribution in [1.29, 1.82) is 0 Å². The first-order valence-corrected chi connectivity index (χ1v) is 4.00. The Labute approximate surface area is 76.3 Å². The van der Waals surface area contributed by atoms with E-state index in [1.54, 1.807) is 6.07 Å². The van der Waals surface area contributed by atoms with Crippen LogP contribution in [0.5, 0.6) is 0 Å². The van der Waals surface area contributed by atoms with Crippen LogP contribution in [0.4, 0.5) is 8.78 Å². The first-order chi connectivity index (χ1) is 5.00. The number of rotatable bonds is 1. The Morgan fingerprint density at radius 3 is 2.36 bits per heavy atom. The van der Waals surface area contributed by atoms with Crippen LogP contribution < -0.4 is 0 Å². The molecule has 0 amide bonds. The van der Waals surface area contributed by atoms with Crippen molar-refractivity contribution in [3.63, 3.8) is 0 Å². The van der Waals surface area contributed by atoms with Gasteiger partial charge in [-0.1, -0.05) is 28.1 Å². The van der Waals surface area contributed by atoms with Crippen molar-refractivity contribution in [2.45, 2.75) is 5.38 Å². The van der Waals surface area contributed by atoms with Gasteiger partial charge in [0.25, 0.3) is 0 Å². The number of hydrogen-bond donors (Lipinski definition) is 0. The summed E-state index contributed by atoms with van der Waals surface area (Å²) in [5, 5.41) is -3.27. The van der Waals surface area contributed by atoms with E-state index in [2.05, 4.69) is 15.9 Å². The Morgan fingerprint density at radius 1 is 1.36 bits per heavy atom. The molecule has 0 nitrogen and oxygen atoms in total. The van der Waals surface area contributed by atoms with Crippen molar-refractivity contribution >= 4 is 27.5 Å². The second-order valence-electron chi connectivity index (χ2n) is 2.01. The van der Waals surface area contributed by atoms with Crippen LogP contribution in [-0.2, 0) is 5.38 Å². The molecule has 0 radical (unpaired) electrons. The Balaban J connectivity index is 3.06. The van der Waals surface area contributed by atoms with E-state index in [0.29, 0.717) is 4.47 Å². The van der Waals surface area contributed by atoms with Crippen molar-refractivity contribution in [3.8, 4) is 0 Å². The molecule has 0 bridgehead atoms. The fraction of sp³-hybridized carbons (Fsp3) is 0.143. The lowest BCUT2D eigenvalue weighted by atomic mass is 10.2. The zero-order valence-electron chi connectivity index (χ0n) is 5.32. The van der Waals surface area contributed by atoms with E-state index in [0.717, 1.165) is 0 Å². The fourth-order valence-corrected chi connectivity index (χ4v) is 1.18. The predicted octanol–water partition coefficient (Wildman–Crippen LogP) is 3.74. The SMILES string of the molecule is FC(F)(Cl)c1cccc(Br)c1. The minimum Gasteiger partial charge on any atom is -0.183 e. The molecule has 1 rings (SSSR count). The van der Waals surface area contributed by atoms with Gasteiger partial charge in [0, 0.05) is 10.0 Å². The molecule has 4 heteroatoms. The lowest BCUT2D eigenvalue weighted by molar-refractivity contribution is 0.0951. The Hall–Kier alpha value is -0.150. The second-order valence-corrected chi connectivity index (χ2v) is 3.40. The van der Waals surface area contributed by atoms with Gasteiger partial charge in [0.2, 0.25) is 0 Å². The molecule has 0 saturated heterocycles. The van der Waals surface area contributed by atoms with Crippen molar-refractivity contribution in [2.24, 2.45) is 0 Å². The van der Waals surface area contributed by atoms with Crippen LogP contribution in [0.1, 0.15) is 5.56 Å². The zero-order chi connectivity index (χ0) is 8.48. The lowest BCUT2D eigenvalue weighted by Crippen LogP contribution is -2.02. The fourth-order valence-electron chi connectivity index (χ4n) is 0.665. The van der Waals surface area contributed by atoms with E-state index >= 15 is 0 Å². The van der Waals surface area contributed by atoms with Gasteiger partial charge in [-0.2, -0.15) is 8.78 Å². The molecule has 0 saturated carbocycles. The molecule has 0 heterocycles. The third-order valence-corrected chi connectivity index (χ3v) is 1.86. The van der Waals surface area contributed by atoms with E-state index < -0.39 is 5.38 Å². The minimum absolute atomic E-state index is 0.200. The molecule has 0 aliphatic rings. The Kier molecular flexibility index (Phi) is 2.50. The summed E-state index contributed by atoms with van der Waals surface area (Å²) in [6.07, 6.45) is 0. The maximum atomic E-state index is 12.4. The highest BCUT2D eigenvalue weighted by atomic mass is 79.9. The highest BCUT2D eigenvalue weighted by molar-refractivity contribution is 9.10. The van der Waals surface area contributed by atoms with Crippen LogP contribution in [0, 0.1) is 0 Å². The van der Waals surface area contributed by atoms with Gasteiger partial charge in [-0.15, -0.1) is 0 Å². The summed E-state index contributed by atoms with van der Waals surface area (Å²) in [6, 6.07) is 5.73. The molecular weight excluding hydrogens is 237 g/mol. The largest absolute Gasteiger partial charge is 0.348 e. The second kappa shape index (κ2) is 3.07. The average molecular weight is 241 g/mol. The van der Waals surface area contributed by atoms with Gasteiger partial charge in [-0.05, 0) is 23.7 Å². The summed E-state index contributed by atoms with van der Waals surface area (Å²) in [5.41, 5.74) is -0.200. The van der Waals surface area contributed by atoms with Crippen molar-refractivity contribution in [3.05, 3.63) is 34.3 Å². The molecular formula is C7H4BrClF2. The molecule has 11 heavy (non-hydrogen) atoms. The average Bonchev–Trinajstić information content (AvgIpc) is 1.86. The van der Waals surface area contributed by atoms with Crippen LogP contribution in [0.25, 0.3) is 0 Å². The van der Waals surface area contributed by atoms with Crippen LogP contribution in [-0.4, -0.2) is 0 Å². The molecule has 1 aromatic rings. The summed E-state index contributed by atoms with van der Waals surface area (Å²) < 4.78 is 25.4. The van der Waals surface area contributed by atoms with Crippen LogP contribution in [0.2, 0.25) is 0 Å². The monoisotopic (exact) mass is 240 g/mol. The normalized spacial score (nSPS) is 11.6. The first kappa shape index (κ1) is 8.94. The van der Waals surface area contributed by atoms with Gasteiger partial charge >= 0.3 is 5.38 Å². The smallest absolute Gasteiger partial charge is 0.183 e. The van der Waals surface area contributed by atoms with E-state index in [-0.39, 0.29) is 5.56 Å². The number of hydrogen-bond acceptors (Lipinski definition) is 0. The summed E-state index contributed by atoms with van der Waals surface area (Å²) in [7, 11) is 0. The molecule has 0 atom stereocenters. The molecule has 0 spiro atoms. The van der Waals surface area contributed by atoms with Gasteiger partial charge < -0.3 is 0 Å². The van der Waals surface area contributed by atoms with E-state index in [1.165, 1.54) is 18.2 Å². The van der Waals surface area contributed by atoms with Gasteiger partial charge in [0.15, 0.2) is 0 Å². The molecule has 60 valence electrons. The zero-order valence-corrected chi connectivity index (χ0v) is 7.66. The van der Waals surface area contributed by atoms with E-state index in [9.17, 15) is 8.78 Å².